The number of aromatic nitrogens is 1. The Morgan fingerprint density at radius 1 is 1.32 bits per heavy atom. The van der Waals surface area contributed by atoms with Crippen molar-refractivity contribution in [1.29, 1.82) is 0 Å². The van der Waals surface area contributed by atoms with Gasteiger partial charge in [-0.1, -0.05) is 0 Å². The molecule has 0 saturated heterocycles. The van der Waals surface area contributed by atoms with E-state index in [-0.39, 0.29) is 0 Å². The van der Waals surface area contributed by atoms with E-state index in [1.54, 1.807) is 24.6 Å². The predicted molar refractivity (Wildman–Crippen MR) is 91.5 cm³/mol. The highest BCUT2D eigenvalue weighted by atomic mass is 32.1. The number of nitrogens with one attached hydrogen (secondary N) is 2. The van der Waals surface area contributed by atoms with Crippen LogP contribution in [0.1, 0.15) is 22.2 Å². The molecule has 0 aliphatic rings. The first-order valence-electron chi connectivity index (χ1n) is 7.27. The van der Waals surface area contributed by atoms with Crippen molar-refractivity contribution in [2.24, 2.45) is 4.99 Å². The summed E-state index contributed by atoms with van der Waals surface area (Å²) in [6.45, 7) is 6.36. The molecule has 0 spiro atoms. The molecule has 5 nitrogen and oxygen atoms in total. The average Bonchev–Trinajstić information content (AvgIpc) is 2.96. The van der Waals surface area contributed by atoms with Crippen molar-refractivity contribution >= 4 is 17.3 Å². The summed E-state index contributed by atoms with van der Waals surface area (Å²) in [6, 6.07) is 8.12. The molecule has 0 aliphatic heterocycles. The highest BCUT2D eigenvalue weighted by molar-refractivity contribution is 7.11. The molecule has 2 aromatic rings. The summed E-state index contributed by atoms with van der Waals surface area (Å²) in [4.78, 5) is 11.3. The van der Waals surface area contributed by atoms with Crippen LogP contribution in [0.2, 0.25) is 0 Å². The Bertz CT molecular complexity index is 624. The number of rotatable bonds is 6. The number of aryl methyl sites for hydroxylation is 1. The lowest BCUT2D eigenvalue weighted by Gasteiger charge is -2.10. The van der Waals surface area contributed by atoms with Crippen molar-refractivity contribution in [2.45, 2.75) is 26.9 Å². The number of guanidine groups is 1. The summed E-state index contributed by atoms with van der Waals surface area (Å²) >= 11 is 1.80. The third-order valence-corrected chi connectivity index (χ3v) is 4.00. The van der Waals surface area contributed by atoms with E-state index in [4.69, 9.17) is 4.74 Å². The maximum atomic E-state index is 5.13. The van der Waals surface area contributed by atoms with E-state index in [0.29, 0.717) is 12.4 Å². The van der Waals surface area contributed by atoms with Crippen LogP contribution in [0.4, 0.5) is 0 Å². The van der Waals surface area contributed by atoms with Crippen LogP contribution < -0.4 is 15.4 Å². The lowest BCUT2D eigenvalue weighted by Crippen LogP contribution is -2.36. The van der Waals surface area contributed by atoms with Crippen LogP contribution >= 0.6 is 11.3 Å². The first-order chi connectivity index (χ1) is 10.7. The maximum absolute atomic E-state index is 5.13. The molecule has 0 aliphatic carbocycles. The van der Waals surface area contributed by atoms with Gasteiger partial charge in [-0.05, 0) is 37.6 Å². The second-order valence-corrected chi connectivity index (χ2v) is 6.14. The van der Waals surface area contributed by atoms with Gasteiger partial charge in [0.1, 0.15) is 0 Å². The van der Waals surface area contributed by atoms with E-state index in [2.05, 4.69) is 46.6 Å². The third-order valence-electron chi connectivity index (χ3n) is 3.00. The Morgan fingerprint density at radius 3 is 2.86 bits per heavy atom. The van der Waals surface area contributed by atoms with Crippen molar-refractivity contribution in [2.75, 3.05) is 13.7 Å². The summed E-state index contributed by atoms with van der Waals surface area (Å²) in [5.41, 5.74) is 1.07. The molecule has 6 heteroatoms. The van der Waals surface area contributed by atoms with E-state index in [0.717, 1.165) is 24.6 Å². The summed E-state index contributed by atoms with van der Waals surface area (Å²) in [6.07, 6.45) is 1.73. The summed E-state index contributed by atoms with van der Waals surface area (Å²) < 4.78 is 5.13. The molecule has 0 saturated carbocycles. The van der Waals surface area contributed by atoms with Gasteiger partial charge in [0.25, 0.3) is 0 Å². The fourth-order valence-corrected chi connectivity index (χ4v) is 2.75. The molecule has 2 N–H and O–H groups in total. The van der Waals surface area contributed by atoms with Gasteiger partial charge in [0.2, 0.25) is 5.88 Å². The Kier molecular flexibility index (Phi) is 6.21. The molecule has 0 atom stereocenters. The molecular weight excluding hydrogens is 296 g/mol. The number of nitrogens with zero attached hydrogens (tertiary/aromatic N) is 2. The highest BCUT2D eigenvalue weighted by Gasteiger charge is 2.01. The Labute approximate surface area is 135 Å². The van der Waals surface area contributed by atoms with Gasteiger partial charge in [0.15, 0.2) is 5.96 Å². The fraction of sp³-hybridized carbons (Fsp3) is 0.375. The van der Waals surface area contributed by atoms with Gasteiger partial charge in [-0.2, -0.15) is 0 Å². The zero-order chi connectivity index (χ0) is 15.8. The summed E-state index contributed by atoms with van der Waals surface area (Å²) in [7, 11) is 1.62. The predicted octanol–water partition coefficient (Wildman–Crippen LogP) is 2.72. The number of methoxy groups -OCH3 is 1. The van der Waals surface area contributed by atoms with Crippen molar-refractivity contribution in [3.63, 3.8) is 0 Å². The van der Waals surface area contributed by atoms with Crippen LogP contribution in [-0.2, 0) is 13.1 Å². The van der Waals surface area contributed by atoms with E-state index >= 15 is 0 Å². The van der Waals surface area contributed by atoms with Gasteiger partial charge in [-0.3, -0.25) is 0 Å². The molecule has 0 aromatic carbocycles. The zero-order valence-corrected chi connectivity index (χ0v) is 14.0. The minimum Gasteiger partial charge on any atom is -0.481 e. The van der Waals surface area contributed by atoms with Crippen LogP contribution in [0.5, 0.6) is 5.88 Å². The molecule has 2 heterocycles. The van der Waals surface area contributed by atoms with Gasteiger partial charge in [-0.25, -0.2) is 9.98 Å². The minimum absolute atomic E-state index is 0.581. The first-order valence-corrected chi connectivity index (χ1v) is 8.09. The number of thiophene rings is 1. The third kappa shape index (κ3) is 5.04. The number of hydrogen-bond acceptors (Lipinski definition) is 4. The quantitative estimate of drug-likeness (QED) is 0.635. The Balaban J connectivity index is 1.96. The Morgan fingerprint density at radius 2 is 2.18 bits per heavy atom. The SMILES string of the molecule is CCNC(=NCc1ccnc(OC)c1)NCc1ccc(C)s1. The van der Waals surface area contributed by atoms with Crippen LogP contribution in [0, 0.1) is 6.92 Å². The summed E-state index contributed by atoms with van der Waals surface area (Å²) in [5, 5.41) is 6.61. The number of pyridine rings is 1. The zero-order valence-electron chi connectivity index (χ0n) is 13.2. The second kappa shape index (κ2) is 8.38. The van der Waals surface area contributed by atoms with Crippen molar-refractivity contribution in [3.05, 3.63) is 45.8 Å². The van der Waals surface area contributed by atoms with Crippen molar-refractivity contribution < 1.29 is 4.74 Å². The lowest BCUT2D eigenvalue weighted by molar-refractivity contribution is 0.397. The number of ether oxygens (including phenoxy) is 1. The molecule has 0 bridgehead atoms. The molecular formula is C16H22N4OS. The van der Waals surface area contributed by atoms with E-state index in [1.165, 1.54) is 9.75 Å². The topological polar surface area (TPSA) is 58.5 Å². The van der Waals surface area contributed by atoms with Crippen molar-refractivity contribution in [3.8, 4) is 5.88 Å². The maximum Gasteiger partial charge on any atom is 0.213 e. The van der Waals surface area contributed by atoms with E-state index < -0.39 is 0 Å². The molecule has 0 unspecified atom stereocenters. The molecule has 2 rings (SSSR count). The Hall–Kier alpha value is -2.08. The van der Waals surface area contributed by atoms with Crippen molar-refractivity contribution in [1.82, 2.24) is 15.6 Å². The average molecular weight is 318 g/mol. The largest absolute Gasteiger partial charge is 0.481 e. The molecule has 2 aromatic heterocycles. The normalized spacial score (nSPS) is 11.3. The van der Waals surface area contributed by atoms with E-state index in [9.17, 15) is 0 Å². The lowest BCUT2D eigenvalue weighted by atomic mass is 10.3. The smallest absolute Gasteiger partial charge is 0.213 e. The first kappa shape index (κ1) is 16.3. The highest BCUT2D eigenvalue weighted by Crippen LogP contribution is 2.14. The molecule has 0 amide bonds. The van der Waals surface area contributed by atoms with E-state index in [1.807, 2.05) is 12.1 Å². The van der Waals surface area contributed by atoms with Crippen LogP contribution in [0.3, 0.4) is 0 Å². The molecule has 118 valence electrons. The standard InChI is InChI=1S/C16H22N4OS/c1-4-17-16(20-11-14-6-5-12(2)22-14)19-10-13-7-8-18-15(9-13)21-3/h5-9H,4,10-11H2,1-3H3,(H2,17,19,20). The van der Waals surface area contributed by atoms with Gasteiger partial charge < -0.3 is 15.4 Å². The fourth-order valence-electron chi connectivity index (χ4n) is 1.92. The summed E-state index contributed by atoms with van der Waals surface area (Å²) in [5.74, 6) is 1.42. The molecule has 0 fully saturated rings. The number of hydrogen-bond donors (Lipinski definition) is 2. The molecule has 0 radical (unpaired) electrons. The van der Waals surface area contributed by atoms with Crippen LogP contribution in [0.15, 0.2) is 35.5 Å². The monoisotopic (exact) mass is 318 g/mol. The van der Waals surface area contributed by atoms with Gasteiger partial charge in [0, 0.05) is 28.6 Å². The van der Waals surface area contributed by atoms with Gasteiger partial charge in [0.05, 0.1) is 20.2 Å². The second-order valence-electron chi connectivity index (χ2n) is 4.77. The minimum atomic E-state index is 0.581. The van der Waals surface area contributed by atoms with Gasteiger partial charge >= 0.3 is 0 Å². The molecule has 22 heavy (non-hydrogen) atoms. The van der Waals surface area contributed by atoms with Crippen LogP contribution in [-0.4, -0.2) is 24.6 Å². The van der Waals surface area contributed by atoms with Gasteiger partial charge in [-0.15, -0.1) is 11.3 Å². The number of aliphatic imine (C=N–C) groups is 1. The van der Waals surface area contributed by atoms with Crippen LogP contribution in [0.25, 0.3) is 0 Å².